The molecule has 0 saturated carbocycles. The van der Waals surface area contributed by atoms with Gasteiger partial charge in [-0.05, 0) is 36.5 Å². The summed E-state index contributed by atoms with van der Waals surface area (Å²) in [6.07, 6.45) is 5.85. The highest BCUT2D eigenvalue weighted by Crippen LogP contribution is 2.23. The summed E-state index contributed by atoms with van der Waals surface area (Å²) in [5, 5.41) is 0. The van der Waals surface area contributed by atoms with Gasteiger partial charge < -0.3 is 14.2 Å². The van der Waals surface area contributed by atoms with Gasteiger partial charge in [-0.15, -0.1) is 6.58 Å². The molecule has 0 bridgehead atoms. The Kier molecular flexibility index (Phi) is 6.27. The molecule has 1 heterocycles. The standard InChI is InChI=1S/C18H26O3/c1-4-14(2)5-8-17(11-18-13-21-18)20-12-15-6-9-16(19-3)10-7-15/h4,6-7,9-10,14,17-18H,1,5,8,11-13H2,2-3H3/t14-,17-,18-/m1/s1. The van der Waals surface area contributed by atoms with Crippen molar-refractivity contribution in [1.29, 1.82) is 0 Å². The van der Waals surface area contributed by atoms with Crippen molar-refractivity contribution >= 4 is 0 Å². The minimum atomic E-state index is 0.266. The smallest absolute Gasteiger partial charge is 0.118 e. The Hall–Kier alpha value is -1.32. The Morgan fingerprint density at radius 2 is 2.05 bits per heavy atom. The first-order valence-corrected chi connectivity index (χ1v) is 7.70. The summed E-state index contributed by atoms with van der Waals surface area (Å²) in [4.78, 5) is 0. The zero-order valence-electron chi connectivity index (χ0n) is 13.1. The fourth-order valence-corrected chi connectivity index (χ4v) is 2.27. The molecule has 3 atom stereocenters. The van der Waals surface area contributed by atoms with E-state index in [1.54, 1.807) is 7.11 Å². The van der Waals surface area contributed by atoms with Gasteiger partial charge in [-0.2, -0.15) is 0 Å². The molecule has 0 amide bonds. The van der Waals surface area contributed by atoms with E-state index in [1.165, 1.54) is 5.56 Å². The largest absolute Gasteiger partial charge is 0.497 e. The summed E-state index contributed by atoms with van der Waals surface area (Å²) in [5.74, 6) is 1.42. The van der Waals surface area contributed by atoms with Gasteiger partial charge in [-0.3, -0.25) is 0 Å². The van der Waals surface area contributed by atoms with Crippen molar-refractivity contribution in [2.45, 2.75) is 45.0 Å². The van der Waals surface area contributed by atoms with Crippen molar-refractivity contribution in [3.05, 3.63) is 42.5 Å². The summed E-state index contributed by atoms with van der Waals surface area (Å²) in [6.45, 7) is 7.57. The van der Waals surface area contributed by atoms with E-state index in [-0.39, 0.29) is 6.10 Å². The number of rotatable bonds is 10. The minimum Gasteiger partial charge on any atom is -0.497 e. The van der Waals surface area contributed by atoms with Crippen LogP contribution in [0.3, 0.4) is 0 Å². The summed E-state index contributed by atoms with van der Waals surface area (Å²) in [5.41, 5.74) is 1.18. The van der Waals surface area contributed by atoms with Crippen LogP contribution >= 0.6 is 0 Å². The highest BCUT2D eigenvalue weighted by atomic mass is 16.6. The average Bonchev–Trinajstić information content (AvgIpc) is 3.34. The van der Waals surface area contributed by atoms with Crippen LogP contribution < -0.4 is 4.74 Å². The maximum absolute atomic E-state index is 6.09. The van der Waals surface area contributed by atoms with Gasteiger partial charge in [0.25, 0.3) is 0 Å². The van der Waals surface area contributed by atoms with Crippen LogP contribution in [0.4, 0.5) is 0 Å². The van der Waals surface area contributed by atoms with Gasteiger partial charge in [0.2, 0.25) is 0 Å². The maximum Gasteiger partial charge on any atom is 0.118 e. The van der Waals surface area contributed by atoms with Crippen LogP contribution in [0.1, 0.15) is 31.7 Å². The van der Waals surface area contributed by atoms with Crippen LogP contribution in [-0.4, -0.2) is 25.9 Å². The van der Waals surface area contributed by atoms with E-state index in [9.17, 15) is 0 Å². The molecule has 116 valence electrons. The summed E-state index contributed by atoms with van der Waals surface area (Å²) < 4.78 is 16.6. The Bertz CT molecular complexity index is 423. The first-order chi connectivity index (χ1) is 10.2. The highest BCUT2D eigenvalue weighted by Gasteiger charge is 2.27. The third kappa shape index (κ3) is 5.90. The van der Waals surface area contributed by atoms with E-state index < -0.39 is 0 Å². The Morgan fingerprint density at radius 1 is 1.33 bits per heavy atom. The van der Waals surface area contributed by atoms with Gasteiger partial charge in [-0.1, -0.05) is 25.1 Å². The Labute approximate surface area is 127 Å². The van der Waals surface area contributed by atoms with E-state index in [0.29, 0.717) is 18.6 Å². The molecule has 0 radical (unpaired) electrons. The number of hydrogen-bond acceptors (Lipinski definition) is 3. The van der Waals surface area contributed by atoms with Crippen molar-refractivity contribution in [2.75, 3.05) is 13.7 Å². The lowest BCUT2D eigenvalue weighted by molar-refractivity contribution is 0.0220. The fourth-order valence-electron chi connectivity index (χ4n) is 2.27. The number of epoxide rings is 1. The predicted molar refractivity (Wildman–Crippen MR) is 84.5 cm³/mol. The lowest BCUT2D eigenvalue weighted by Crippen LogP contribution is -2.16. The van der Waals surface area contributed by atoms with E-state index in [1.807, 2.05) is 18.2 Å². The van der Waals surface area contributed by atoms with Gasteiger partial charge in [0.05, 0.1) is 32.5 Å². The van der Waals surface area contributed by atoms with Crippen molar-refractivity contribution < 1.29 is 14.2 Å². The Balaban J connectivity index is 1.80. The minimum absolute atomic E-state index is 0.266. The van der Waals surface area contributed by atoms with Gasteiger partial charge in [0, 0.05) is 6.42 Å². The van der Waals surface area contributed by atoms with Crippen molar-refractivity contribution in [3.8, 4) is 5.75 Å². The molecule has 1 fully saturated rings. The second-order valence-electron chi connectivity index (χ2n) is 5.76. The molecule has 1 aliphatic rings. The van der Waals surface area contributed by atoms with Crippen LogP contribution in [0.25, 0.3) is 0 Å². The van der Waals surface area contributed by atoms with Crippen molar-refractivity contribution in [3.63, 3.8) is 0 Å². The Morgan fingerprint density at radius 3 is 2.62 bits per heavy atom. The number of benzene rings is 1. The molecule has 1 saturated heterocycles. The molecule has 0 N–H and O–H groups in total. The van der Waals surface area contributed by atoms with Gasteiger partial charge >= 0.3 is 0 Å². The lowest BCUT2D eigenvalue weighted by atomic mass is 10.0. The molecule has 1 aromatic carbocycles. The van der Waals surface area contributed by atoms with Gasteiger partial charge in [-0.25, -0.2) is 0 Å². The lowest BCUT2D eigenvalue weighted by Gasteiger charge is -2.18. The summed E-state index contributed by atoms with van der Waals surface area (Å²) >= 11 is 0. The number of hydrogen-bond donors (Lipinski definition) is 0. The third-order valence-electron chi connectivity index (χ3n) is 3.92. The SMILES string of the molecule is C=C[C@@H](C)CC[C@H](C[C@@H]1CO1)OCc1ccc(OC)cc1. The maximum atomic E-state index is 6.09. The molecular weight excluding hydrogens is 264 g/mol. The molecule has 0 aromatic heterocycles. The highest BCUT2D eigenvalue weighted by molar-refractivity contribution is 5.26. The van der Waals surface area contributed by atoms with Crippen molar-refractivity contribution in [1.82, 2.24) is 0 Å². The van der Waals surface area contributed by atoms with Crippen molar-refractivity contribution in [2.24, 2.45) is 5.92 Å². The van der Waals surface area contributed by atoms with Crippen LogP contribution in [0.2, 0.25) is 0 Å². The van der Waals surface area contributed by atoms with Gasteiger partial charge in [0.1, 0.15) is 5.75 Å². The monoisotopic (exact) mass is 290 g/mol. The molecule has 3 nitrogen and oxygen atoms in total. The first-order valence-electron chi connectivity index (χ1n) is 7.70. The van der Waals surface area contributed by atoms with E-state index in [2.05, 4.69) is 25.6 Å². The topological polar surface area (TPSA) is 31.0 Å². The molecule has 0 aliphatic carbocycles. The normalized spacial score (nSPS) is 19.8. The molecule has 2 rings (SSSR count). The molecular formula is C18H26O3. The molecule has 1 aliphatic heterocycles. The summed E-state index contributed by atoms with van der Waals surface area (Å²) in [7, 11) is 1.68. The second-order valence-corrected chi connectivity index (χ2v) is 5.76. The van der Waals surface area contributed by atoms with Crippen LogP contribution in [0.15, 0.2) is 36.9 Å². The van der Waals surface area contributed by atoms with E-state index in [4.69, 9.17) is 14.2 Å². The number of allylic oxidation sites excluding steroid dienone is 1. The molecule has 21 heavy (non-hydrogen) atoms. The fraction of sp³-hybridized carbons (Fsp3) is 0.556. The quantitative estimate of drug-likeness (QED) is 0.482. The van der Waals surface area contributed by atoms with Crippen LogP contribution in [0, 0.1) is 5.92 Å². The van der Waals surface area contributed by atoms with E-state index >= 15 is 0 Å². The number of methoxy groups -OCH3 is 1. The molecule has 3 heteroatoms. The number of ether oxygens (including phenoxy) is 3. The zero-order chi connectivity index (χ0) is 15.1. The molecule has 0 unspecified atom stereocenters. The van der Waals surface area contributed by atoms with Gasteiger partial charge in [0.15, 0.2) is 0 Å². The average molecular weight is 290 g/mol. The first kappa shape index (κ1) is 16.1. The summed E-state index contributed by atoms with van der Waals surface area (Å²) in [6, 6.07) is 8.04. The van der Waals surface area contributed by atoms with E-state index in [0.717, 1.165) is 31.6 Å². The molecule has 0 spiro atoms. The van der Waals surface area contributed by atoms with Crippen LogP contribution in [-0.2, 0) is 16.1 Å². The zero-order valence-corrected chi connectivity index (χ0v) is 13.1. The van der Waals surface area contributed by atoms with Crippen LogP contribution in [0.5, 0.6) is 5.75 Å². The third-order valence-corrected chi connectivity index (χ3v) is 3.92. The molecule has 1 aromatic rings. The second kappa shape index (κ2) is 8.20. The predicted octanol–water partition coefficient (Wildman–Crippen LogP) is 3.97.